The number of anilines is 1. The lowest BCUT2D eigenvalue weighted by Gasteiger charge is -2.35. The number of pyridine rings is 1. The Morgan fingerprint density at radius 1 is 1.08 bits per heavy atom. The standard InChI is InChI=1S/C17H24ClN5O2/c18-14-10-13(17(25)23-4-2-1-3-5-23)11-20-16(14)22-8-6-21(7-9-22)12-15(19)24/h10-11H,1-9,12H2,(H2,19,24). The van der Waals surface area contributed by atoms with Crippen molar-refractivity contribution in [1.82, 2.24) is 14.8 Å². The number of nitrogens with two attached hydrogens (primary N) is 1. The molecule has 0 unspecified atom stereocenters. The minimum atomic E-state index is -0.315. The monoisotopic (exact) mass is 365 g/mol. The number of rotatable bonds is 4. The van der Waals surface area contributed by atoms with Gasteiger partial charge in [0.25, 0.3) is 5.91 Å². The molecule has 25 heavy (non-hydrogen) atoms. The minimum absolute atomic E-state index is 0.00641. The molecular formula is C17H24ClN5O2. The lowest BCUT2D eigenvalue weighted by Crippen LogP contribution is -2.49. The largest absolute Gasteiger partial charge is 0.369 e. The van der Waals surface area contributed by atoms with Crippen LogP contribution in [-0.2, 0) is 4.79 Å². The van der Waals surface area contributed by atoms with Crippen molar-refractivity contribution in [2.45, 2.75) is 19.3 Å². The first-order chi connectivity index (χ1) is 12.0. The number of carbonyl (C=O) groups is 2. The van der Waals surface area contributed by atoms with Crippen molar-refractivity contribution in [1.29, 1.82) is 0 Å². The van der Waals surface area contributed by atoms with Crippen LogP contribution in [0.1, 0.15) is 29.6 Å². The summed E-state index contributed by atoms with van der Waals surface area (Å²) in [5.74, 6) is 0.382. The summed E-state index contributed by atoms with van der Waals surface area (Å²) in [6, 6.07) is 1.72. The molecule has 1 aromatic rings. The van der Waals surface area contributed by atoms with Crippen LogP contribution in [0.2, 0.25) is 5.02 Å². The van der Waals surface area contributed by atoms with Crippen molar-refractivity contribution in [2.75, 3.05) is 50.7 Å². The third-order valence-electron chi connectivity index (χ3n) is 4.76. The molecule has 0 radical (unpaired) electrons. The van der Waals surface area contributed by atoms with E-state index in [1.807, 2.05) is 9.80 Å². The van der Waals surface area contributed by atoms with E-state index in [9.17, 15) is 9.59 Å². The molecule has 3 heterocycles. The van der Waals surface area contributed by atoms with Crippen LogP contribution in [0.15, 0.2) is 12.3 Å². The number of nitrogens with zero attached hydrogens (tertiary/aromatic N) is 4. The Hall–Kier alpha value is -1.86. The van der Waals surface area contributed by atoms with Gasteiger partial charge < -0.3 is 15.5 Å². The fourth-order valence-corrected chi connectivity index (χ4v) is 3.68. The molecule has 0 saturated carbocycles. The van der Waals surface area contributed by atoms with E-state index in [1.165, 1.54) is 6.42 Å². The third kappa shape index (κ3) is 4.41. The van der Waals surface area contributed by atoms with Crippen LogP contribution in [0, 0.1) is 0 Å². The van der Waals surface area contributed by atoms with Crippen LogP contribution in [0.4, 0.5) is 5.82 Å². The molecule has 7 nitrogen and oxygen atoms in total. The zero-order valence-electron chi connectivity index (χ0n) is 14.3. The van der Waals surface area contributed by atoms with Gasteiger partial charge in [-0.25, -0.2) is 4.98 Å². The van der Waals surface area contributed by atoms with Gasteiger partial charge in [0, 0.05) is 45.5 Å². The maximum absolute atomic E-state index is 12.5. The minimum Gasteiger partial charge on any atom is -0.369 e. The van der Waals surface area contributed by atoms with Gasteiger partial charge in [-0.1, -0.05) is 11.6 Å². The number of hydrogen-bond acceptors (Lipinski definition) is 5. The predicted molar refractivity (Wildman–Crippen MR) is 96.8 cm³/mol. The van der Waals surface area contributed by atoms with Crippen molar-refractivity contribution in [2.24, 2.45) is 5.73 Å². The van der Waals surface area contributed by atoms with Gasteiger partial charge in [-0.15, -0.1) is 0 Å². The fourth-order valence-electron chi connectivity index (χ4n) is 3.40. The number of aromatic nitrogens is 1. The lowest BCUT2D eigenvalue weighted by atomic mass is 10.1. The second-order valence-electron chi connectivity index (χ2n) is 6.61. The molecule has 2 aliphatic heterocycles. The van der Waals surface area contributed by atoms with Gasteiger partial charge in [-0.3, -0.25) is 14.5 Å². The summed E-state index contributed by atoms with van der Waals surface area (Å²) in [6.45, 7) is 4.79. The number of carbonyl (C=O) groups excluding carboxylic acids is 2. The third-order valence-corrected chi connectivity index (χ3v) is 5.04. The van der Waals surface area contributed by atoms with Gasteiger partial charge in [0.15, 0.2) is 0 Å². The Labute approximate surface area is 152 Å². The van der Waals surface area contributed by atoms with Gasteiger partial charge in [-0.2, -0.15) is 0 Å². The number of amides is 2. The Kier molecular flexibility index (Phi) is 5.75. The van der Waals surface area contributed by atoms with Crippen molar-refractivity contribution in [3.63, 3.8) is 0 Å². The average Bonchev–Trinajstić information content (AvgIpc) is 2.62. The van der Waals surface area contributed by atoms with Crippen molar-refractivity contribution in [3.05, 3.63) is 22.8 Å². The van der Waals surface area contributed by atoms with Gasteiger partial charge in [0.05, 0.1) is 17.1 Å². The Balaban J connectivity index is 1.64. The predicted octanol–water partition coefficient (Wildman–Crippen LogP) is 0.968. The Bertz CT molecular complexity index is 640. The molecule has 0 bridgehead atoms. The Morgan fingerprint density at radius 3 is 2.36 bits per heavy atom. The van der Waals surface area contributed by atoms with Crippen LogP contribution < -0.4 is 10.6 Å². The van der Waals surface area contributed by atoms with Crippen LogP contribution in [-0.4, -0.2) is 72.4 Å². The molecule has 3 rings (SSSR count). The molecule has 0 aliphatic carbocycles. The topological polar surface area (TPSA) is 82.8 Å². The molecule has 1 aromatic heterocycles. The molecule has 136 valence electrons. The number of hydrogen-bond donors (Lipinski definition) is 1. The first kappa shape index (κ1) is 17.9. The lowest BCUT2D eigenvalue weighted by molar-refractivity contribution is -0.119. The van der Waals surface area contributed by atoms with E-state index in [0.717, 1.165) is 52.1 Å². The van der Waals surface area contributed by atoms with Gasteiger partial charge in [0.2, 0.25) is 5.91 Å². The summed E-state index contributed by atoms with van der Waals surface area (Å²) in [7, 11) is 0. The van der Waals surface area contributed by atoms with E-state index in [2.05, 4.69) is 9.88 Å². The first-order valence-corrected chi connectivity index (χ1v) is 9.13. The summed E-state index contributed by atoms with van der Waals surface area (Å²) >= 11 is 6.40. The maximum atomic E-state index is 12.5. The highest BCUT2D eigenvalue weighted by Gasteiger charge is 2.23. The van der Waals surface area contributed by atoms with Gasteiger partial charge >= 0.3 is 0 Å². The summed E-state index contributed by atoms with van der Waals surface area (Å²) in [6.07, 6.45) is 4.92. The summed E-state index contributed by atoms with van der Waals surface area (Å²) in [5.41, 5.74) is 5.78. The summed E-state index contributed by atoms with van der Waals surface area (Å²) in [4.78, 5) is 34.0. The van der Waals surface area contributed by atoms with Crippen LogP contribution >= 0.6 is 11.6 Å². The molecule has 2 fully saturated rings. The molecule has 0 spiro atoms. The maximum Gasteiger partial charge on any atom is 0.255 e. The van der Waals surface area contributed by atoms with E-state index in [1.54, 1.807) is 12.3 Å². The van der Waals surface area contributed by atoms with E-state index >= 15 is 0 Å². The van der Waals surface area contributed by atoms with Crippen LogP contribution in [0.25, 0.3) is 0 Å². The molecular weight excluding hydrogens is 342 g/mol. The summed E-state index contributed by atoms with van der Waals surface area (Å²) in [5, 5.41) is 0.492. The smallest absolute Gasteiger partial charge is 0.255 e. The zero-order chi connectivity index (χ0) is 17.8. The second-order valence-corrected chi connectivity index (χ2v) is 7.02. The molecule has 2 amide bonds. The van der Waals surface area contributed by atoms with Crippen molar-refractivity contribution in [3.8, 4) is 0 Å². The van der Waals surface area contributed by atoms with E-state index < -0.39 is 0 Å². The quantitative estimate of drug-likeness (QED) is 0.859. The second kappa shape index (κ2) is 8.01. The van der Waals surface area contributed by atoms with Crippen LogP contribution in [0.5, 0.6) is 0 Å². The molecule has 2 aliphatic rings. The fraction of sp³-hybridized carbons (Fsp3) is 0.588. The Morgan fingerprint density at radius 2 is 1.76 bits per heavy atom. The number of primary amides is 1. The molecule has 8 heteroatoms. The average molecular weight is 366 g/mol. The summed E-state index contributed by atoms with van der Waals surface area (Å²) < 4.78 is 0. The number of piperazine rings is 1. The van der Waals surface area contributed by atoms with Crippen LogP contribution in [0.3, 0.4) is 0 Å². The molecule has 2 saturated heterocycles. The van der Waals surface area contributed by atoms with Gasteiger partial charge in [0.1, 0.15) is 5.82 Å². The highest BCUT2D eigenvalue weighted by molar-refractivity contribution is 6.33. The highest BCUT2D eigenvalue weighted by atomic mass is 35.5. The molecule has 0 atom stereocenters. The van der Waals surface area contributed by atoms with Crippen molar-refractivity contribution < 1.29 is 9.59 Å². The van der Waals surface area contributed by atoms with Crippen molar-refractivity contribution >= 4 is 29.2 Å². The number of halogens is 1. The normalized spacial score (nSPS) is 19.1. The number of likely N-dealkylation sites (tertiary alicyclic amines) is 1. The highest BCUT2D eigenvalue weighted by Crippen LogP contribution is 2.26. The SMILES string of the molecule is NC(=O)CN1CCN(c2ncc(C(=O)N3CCCCC3)cc2Cl)CC1. The number of piperidine rings is 1. The first-order valence-electron chi connectivity index (χ1n) is 8.75. The van der Waals surface area contributed by atoms with Gasteiger partial charge in [-0.05, 0) is 25.3 Å². The zero-order valence-corrected chi connectivity index (χ0v) is 15.0. The van der Waals surface area contributed by atoms with E-state index in [-0.39, 0.29) is 18.4 Å². The molecule has 0 aromatic carbocycles. The van der Waals surface area contributed by atoms with E-state index in [4.69, 9.17) is 17.3 Å². The van der Waals surface area contributed by atoms with E-state index in [0.29, 0.717) is 16.4 Å². The molecule has 2 N–H and O–H groups in total.